The van der Waals surface area contributed by atoms with Gasteiger partial charge in [-0.15, -0.1) is 0 Å². The Kier molecular flexibility index (Phi) is 3.18. The molecule has 0 atom stereocenters. The molecule has 96 valence electrons. The summed E-state index contributed by atoms with van der Waals surface area (Å²) < 4.78 is 33.7. The highest BCUT2D eigenvalue weighted by molar-refractivity contribution is 5.65. The minimum absolute atomic E-state index is 0.118. The second-order valence-corrected chi connectivity index (χ2v) is 3.76. The van der Waals surface area contributed by atoms with E-state index in [9.17, 15) is 8.78 Å². The third kappa shape index (κ3) is 2.01. The first-order valence-electron chi connectivity index (χ1n) is 5.32. The number of aromatic nitrogens is 2. The van der Waals surface area contributed by atoms with Gasteiger partial charge in [-0.25, -0.2) is 8.78 Å². The average Bonchev–Trinajstić information content (AvgIpc) is 2.73. The Morgan fingerprint density at radius 2 is 1.94 bits per heavy atom. The zero-order valence-electron chi connectivity index (χ0n) is 10.3. The van der Waals surface area contributed by atoms with Crippen LogP contribution in [0.15, 0.2) is 18.2 Å². The molecule has 0 unspecified atom stereocenters. The minimum Gasteiger partial charge on any atom is -0.494 e. The van der Waals surface area contributed by atoms with Gasteiger partial charge in [0.05, 0.1) is 12.8 Å². The summed E-state index contributed by atoms with van der Waals surface area (Å²) >= 11 is 0. The Hall–Kier alpha value is -2.11. The number of benzene rings is 1. The van der Waals surface area contributed by atoms with E-state index in [4.69, 9.17) is 4.74 Å². The van der Waals surface area contributed by atoms with Crippen LogP contribution < -0.4 is 10.1 Å². The molecule has 2 aromatic rings. The summed E-state index contributed by atoms with van der Waals surface area (Å²) in [5.41, 5.74) is 0.628. The average molecular weight is 253 g/mol. The first kappa shape index (κ1) is 12.3. The van der Waals surface area contributed by atoms with Crippen LogP contribution >= 0.6 is 0 Å². The summed E-state index contributed by atoms with van der Waals surface area (Å²) in [5, 5.41) is 6.95. The molecule has 1 N–H and O–H groups in total. The zero-order valence-corrected chi connectivity index (χ0v) is 10.3. The van der Waals surface area contributed by atoms with Crippen LogP contribution in [0.5, 0.6) is 5.75 Å². The molecular weight excluding hydrogens is 240 g/mol. The number of nitrogens with one attached hydrogen (secondary N) is 1. The van der Waals surface area contributed by atoms with Crippen molar-refractivity contribution >= 4 is 5.82 Å². The van der Waals surface area contributed by atoms with E-state index in [1.807, 2.05) is 0 Å². The molecule has 1 aromatic heterocycles. The van der Waals surface area contributed by atoms with Crippen LogP contribution in [0.3, 0.4) is 0 Å². The second-order valence-electron chi connectivity index (χ2n) is 3.76. The van der Waals surface area contributed by atoms with Crippen LogP contribution in [0, 0.1) is 11.6 Å². The van der Waals surface area contributed by atoms with E-state index < -0.39 is 11.6 Å². The number of hydrogen-bond acceptors (Lipinski definition) is 3. The van der Waals surface area contributed by atoms with E-state index in [0.29, 0.717) is 11.5 Å². The van der Waals surface area contributed by atoms with Crippen LogP contribution in [-0.4, -0.2) is 23.9 Å². The third-order valence-electron chi connectivity index (χ3n) is 2.65. The molecule has 0 aliphatic rings. The first-order valence-corrected chi connectivity index (χ1v) is 5.32. The quantitative estimate of drug-likeness (QED) is 0.913. The van der Waals surface area contributed by atoms with Gasteiger partial charge in [0.1, 0.15) is 11.6 Å². The number of aryl methyl sites for hydroxylation is 1. The van der Waals surface area contributed by atoms with Gasteiger partial charge in [0.25, 0.3) is 0 Å². The number of hydrogen-bond donors (Lipinski definition) is 1. The maximum absolute atomic E-state index is 13.9. The number of methoxy groups -OCH3 is 1. The molecule has 0 aliphatic heterocycles. The smallest absolute Gasteiger partial charge is 0.165 e. The van der Waals surface area contributed by atoms with E-state index in [0.717, 1.165) is 12.1 Å². The number of anilines is 1. The molecule has 0 spiro atoms. The molecular formula is C12H13F2N3O. The molecule has 0 saturated carbocycles. The van der Waals surface area contributed by atoms with Crippen molar-refractivity contribution in [3.05, 3.63) is 29.8 Å². The molecule has 6 heteroatoms. The number of nitrogens with zero attached hydrogens (tertiary/aromatic N) is 2. The fraction of sp³-hybridized carbons (Fsp3) is 0.250. The highest BCUT2D eigenvalue weighted by atomic mass is 19.1. The summed E-state index contributed by atoms with van der Waals surface area (Å²) in [4.78, 5) is 0. The molecule has 4 nitrogen and oxygen atoms in total. The minimum atomic E-state index is -0.610. The Morgan fingerprint density at radius 3 is 2.50 bits per heavy atom. The fourth-order valence-corrected chi connectivity index (χ4v) is 1.72. The van der Waals surface area contributed by atoms with Crippen molar-refractivity contribution in [2.75, 3.05) is 19.5 Å². The van der Waals surface area contributed by atoms with E-state index in [1.165, 1.54) is 11.8 Å². The number of ether oxygens (including phenoxy) is 1. The van der Waals surface area contributed by atoms with E-state index in [1.54, 1.807) is 20.2 Å². The van der Waals surface area contributed by atoms with Crippen LogP contribution in [0.4, 0.5) is 14.6 Å². The molecule has 18 heavy (non-hydrogen) atoms. The lowest BCUT2D eigenvalue weighted by Crippen LogP contribution is -1.98. The molecule has 1 aromatic carbocycles. The summed E-state index contributed by atoms with van der Waals surface area (Å²) in [7, 11) is 4.66. The van der Waals surface area contributed by atoms with Gasteiger partial charge in [0.15, 0.2) is 11.6 Å². The largest absolute Gasteiger partial charge is 0.494 e. The zero-order chi connectivity index (χ0) is 13.3. The van der Waals surface area contributed by atoms with Gasteiger partial charge < -0.3 is 10.1 Å². The molecule has 0 saturated heterocycles. The summed E-state index contributed by atoms with van der Waals surface area (Å²) in [6.45, 7) is 0. The lowest BCUT2D eigenvalue weighted by Gasteiger charge is -2.07. The molecule has 0 bridgehead atoms. The van der Waals surface area contributed by atoms with Gasteiger partial charge in [-0.1, -0.05) is 0 Å². The Labute approximate surface area is 103 Å². The lowest BCUT2D eigenvalue weighted by atomic mass is 10.1. The maximum atomic E-state index is 13.9. The van der Waals surface area contributed by atoms with Crippen molar-refractivity contribution in [3.8, 4) is 17.0 Å². The first-order chi connectivity index (χ1) is 8.56. The third-order valence-corrected chi connectivity index (χ3v) is 2.65. The highest BCUT2D eigenvalue weighted by Gasteiger charge is 2.15. The van der Waals surface area contributed by atoms with Crippen molar-refractivity contribution in [1.82, 2.24) is 9.78 Å². The Bertz CT molecular complexity index is 581. The van der Waals surface area contributed by atoms with Crippen LogP contribution in [0.1, 0.15) is 0 Å². The summed E-state index contributed by atoms with van der Waals surface area (Å²) in [6, 6.07) is 3.77. The van der Waals surface area contributed by atoms with Gasteiger partial charge >= 0.3 is 0 Å². The molecule has 2 rings (SSSR count). The molecule has 0 radical (unpaired) electrons. The normalized spacial score (nSPS) is 10.5. The SMILES string of the molecule is CNc1cc(-c2cc(F)c(OC)cc2F)n(C)n1. The molecule has 0 aliphatic carbocycles. The molecule has 0 fully saturated rings. The standard InChI is InChI=1S/C12H13F2N3O/c1-15-12-6-10(17(2)16-12)7-4-9(14)11(18-3)5-8(7)13/h4-6H,1-3H3,(H,15,16). The molecule has 1 heterocycles. The van der Waals surface area contributed by atoms with Crippen molar-refractivity contribution < 1.29 is 13.5 Å². The highest BCUT2D eigenvalue weighted by Crippen LogP contribution is 2.29. The Morgan fingerprint density at radius 1 is 1.22 bits per heavy atom. The summed E-state index contributed by atoms with van der Waals surface area (Å²) in [6.07, 6.45) is 0. The summed E-state index contributed by atoms with van der Waals surface area (Å²) in [5.74, 6) is -0.699. The number of halogens is 2. The van der Waals surface area contributed by atoms with Gasteiger partial charge in [-0.05, 0) is 6.07 Å². The maximum Gasteiger partial charge on any atom is 0.165 e. The lowest BCUT2D eigenvalue weighted by molar-refractivity contribution is 0.383. The second kappa shape index (κ2) is 4.64. The number of rotatable bonds is 3. The van der Waals surface area contributed by atoms with Crippen molar-refractivity contribution in [1.29, 1.82) is 0 Å². The van der Waals surface area contributed by atoms with Crippen molar-refractivity contribution in [3.63, 3.8) is 0 Å². The van der Waals surface area contributed by atoms with Crippen LogP contribution in [0.25, 0.3) is 11.3 Å². The van der Waals surface area contributed by atoms with Gasteiger partial charge in [0, 0.05) is 31.8 Å². The van der Waals surface area contributed by atoms with Gasteiger partial charge in [-0.2, -0.15) is 5.10 Å². The van der Waals surface area contributed by atoms with E-state index >= 15 is 0 Å². The van der Waals surface area contributed by atoms with Crippen molar-refractivity contribution in [2.24, 2.45) is 7.05 Å². The van der Waals surface area contributed by atoms with E-state index in [-0.39, 0.29) is 11.3 Å². The predicted molar refractivity (Wildman–Crippen MR) is 64.7 cm³/mol. The van der Waals surface area contributed by atoms with Gasteiger partial charge in [-0.3, -0.25) is 4.68 Å². The van der Waals surface area contributed by atoms with Gasteiger partial charge in [0.2, 0.25) is 0 Å². The van der Waals surface area contributed by atoms with Crippen LogP contribution in [0.2, 0.25) is 0 Å². The molecule has 0 amide bonds. The topological polar surface area (TPSA) is 39.1 Å². The monoisotopic (exact) mass is 253 g/mol. The van der Waals surface area contributed by atoms with Crippen LogP contribution in [-0.2, 0) is 7.05 Å². The Balaban J connectivity index is 2.56. The fourth-order valence-electron chi connectivity index (χ4n) is 1.72. The predicted octanol–water partition coefficient (Wildman–Crippen LogP) is 2.42. The van der Waals surface area contributed by atoms with E-state index in [2.05, 4.69) is 10.4 Å². The van der Waals surface area contributed by atoms with Crippen molar-refractivity contribution in [2.45, 2.75) is 0 Å².